The van der Waals surface area contributed by atoms with E-state index >= 15 is 0 Å². The second-order valence-electron chi connectivity index (χ2n) is 6.54. The number of anilines is 1. The molecule has 1 aromatic rings. The topological polar surface area (TPSA) is 102 Å². The fraction of sp³-hybridized carbons (Fsp3) is 0.562. The maximum absolute atomic E-state index is 12.2. The number of nitrogens with one attached hydrogen (secondary N) is 1. The molecule has 1 aromatic carbocycles. The molecule has 3 rings (SSSR count). The Bertz CT molecular complexity index is 613. The van der Waals surface area contributed by atoms with Gasteiger partial charge in [0.25, 0.3) is 5.69 Å². The minimum atomic E-state index is -0.487. The first-order chi connectivity index (χ1) is 11.0. The Hall–Kier alpha value is -1.70. The van der Waals surface area contributed by atoms with Gasteiger partial charge in [0, 0.05) is 25.2 Å². The molecular weight excluding hydrogens is 332 g/mol. The van der Waals surface area contributed by atoms with E-state index in [-0.39, 0.29) is 42.3 Å². The van der Waals surface area contributed by atoms with Gasteiger partial charge in [-0.2, -0.15) is 0 Å². The first kappa shape index (κ1) is 18.6. The van der Waals surface area contributed by atoms with Crippen molar-refractivity contribution in [3.8, 4) is 0 Å². The number of benzene rings is 1. The number of nitrogens with two attached hydrogens (primary N) is 1. The van der Waals surface area contributed by atoms with E-state index in [1.165, 1.54) is 18.9 Å². The molecule has 3 atom stereocenters. The number of fused-ring (bicyclic) bond motifs is 1. The normalized spacial score (nSPS) is 26.3. The number of para-hydroxylation sites is 2. The van der Waals surface area contributed by atoms with Gasteiger partial charge in [0.05, 0.1) is 11.5 Å². The Kier molecular flexibility index (Phi) is 6.15. The van der Waals surface area contributed by atoms with Crippen LogP contribution in [0, 0.1) is 22.0 Å². The van der Waals surface area contributed by atoms with Crippen molar-refractivity contribution in [3.63, 3.8) is 0 Å². The minimum absolute atomic E-state index is 0. The number of nitrogens with zero attached hydrogens (tertiary/aromatic N) is 2. The van der Waals surface area contributed by atoms with E-state index in [9.17, 15) is 14.9 Å². The summed E-state index contributed by atoms with van der Waals surface area (Å²) in [6.45, 7) is 1.99. The number of likely N-dealkylation sites (tertiary alicyclic amines) is 1. The van der Waals surface area contributed by atoms with Crippen LogP contribution in [0.5, 0.6) is 0 Å². The average molecular weight is 355 g/mol. The Morgan fingerprint density at radius 3 is 2.79 bits per heavy atom. The van der Waals surface area contributed by atoms with Crippen LogP contribution in [0.4, 0.5) is 11.4 Å². The highest BCUT2D eigenvalue weighted by Gasteiger charge is 2.39. The molecule has 8 heteroatoms. The highest BCUT2D eigenvalue weighted by Crippen LogP contribution is 2.35. The van der Waals surface area contributed by atoms with E-state index in [0.29, 0.717) is 11.8 Å². The molecule has 24 heavy (non-hydrogen) atoms. The molecule has 1 aliphatic carbocycles. The van der Waals surface area contributed by atoms with E-state index in [0.717, 1.165) is 19.5 Å². The summed E-state index contributed by atoms with van der Waals surface area (Å²) in [5.74, 6) is 0.840. The Morgan fingerprint density at radius 2 is 2.08 bits per heavy atom. The van der Waals surface area contributed by atoms with Gasteiger partial charge in [0.1, 0.15) is 5.69 Å². The minimum Gasteiger partial charge on any atom is -0.327 e. The second kappa shape index (κ2) is 7.92. The number of carbonyl (C=O) groups is 1. The molecule has 2 aliphatic rings. The van der Waals surface area contributed by atoms with Crippen molar-refractivity contribution in [2.45, 2.75) is 25.3 Å². The number of halogens is 1. The van der Waals surface area contributed by atoms with E-state index in [1.54, 1.807) is 18.2 Å². The summed E-state index contributed by atoms with van der Waals surface area (Å²) in [6, 6.07) is 6.43. The molecule has 1 saturated carbocycles. The van der Waals surface area contributed by atoms with Gasteiger partial charge in [-0.05, 0) is 30.7 Å². The van der Waals surface area contributed by atoms with E-state index < -0.39 is 4.92 Å². The first-order valence-electron chi connectivity index (χ1n) is 8.06. The molecule has 7 nitrogen and oxygen atoms in total. The van der Waals surface area contributed by atoms with Crippen LogP contribution in [-0.4, -0.2) is 41.4 Å². The van der Waals surface area contributed by atoms with Crippen molar-refractivity contribution >= 4 is 29.7 Å². The van der Waals surface area contributed by atoms with Gasteiger partial charge in [-0.3, -0.25) is 19.8 Å². The molecule has 0 spiro atoms. The highest BCUT2D eigenvalue weighted by atomic mass is 35.5. The fourth-order valence-electron chi connectivity index (χ4n) is 3.87. The highest BCUT2D eigenvalue weighted by molar-refractivity contribution is 5.94. The predicted octanol–water partition coefficient (Wildman–Crippen LogP) is 2.01. The quantitative estimate of drug-likeness (QED) is 0.636. The summed E-state index contributed by atoms with van der Waals surface area (Å²) >= 11 is 0. The number of hydrogen-bond acceptors (Lipinski definition) is 5. The number of hydrogen-bond donors (Lipinski definition) is 2. The van der Waals surface area contributed by atoms with Gasteiger partial charge in [-0.25, -0.2) is 0 Å². The Balaban J connectivity index is 0.00000208. The smallest absolute Gasteiger partial charge is 0.292 e. The molecule has 0 radical (unpaired) electrons. The lowest BCUT2D eigenvalue weighted by atomic mass is 9.78. The predicted molar refractivity (Wildman–Crippen MR) is 94.2 cm³/mol. The van der Waals surface area contributed by atoms with Gasteiger partial charge in [0.2, 0.25) is 5.91 Å². The molecule has 1 heterocycles. The summed E-state index contributed by atoms with van der Waals surface area (Å²) in [7, 11) is 0. The third-order valence-corrected chi connectivity index (χ3v) is 4.97. The van der Waals surface area contributed by atoms with Crippen LogP contribution < -0.4 is 11.1 Å². The third-order valence-electron chi connectivity index (χ3n) is 4.97. The average Bonchev–Trinajstić information content (AvgIpc) is 2.91. The number of carbonyl (C=O) groups excluding carboxylic acids is 1. The van der Waals surface area contributed by atoms with Crippen LogP contribution in [-0.2, 0) is 4.79 Å². The number of rotatable bonds is 4. The number of nitro benzene ring substituents is 1. The van der Waals surface area contributed by atoms with Crippen molar-refractivity contribution in [3.05, 3.63) is 34.4 Å². The van der Waals surface area contributed by atoms with Crippen molar-refractivity contribution < 1.29 is 9.72 Å². The summed E-state index contributed by atoms with van der Waals surface area (Å²) in [5.41, 5.74) is 6.35. The zero-order chi connectivity index (χ0) is 16.4. The fourth-order valence-corrected chi connectivity index (χ4v) is 3.87. The van der Waals surface area contributed by atoms with Crippen molar-refractivity contribution in [1.82, 2.24) is 4.90 Å². The Morgan fingerprint density at radius 1 is 1.33 bits per heavy atom. The van der Waals surface area contributed by atoms with Gasteiger partial charge >= 0.3 is 0 Å². The number of amides is 1. The molecule has 1 aliphatic heterocycles. The molecule has 1 amide bonds. The van der Waals surface area contributed by atoms with Gasteiger partial charge < -0.3 is 11.1 Å². The van der Waals surface area contributed by atoms with Crippen molar-refractivity contribution in [2.24, 2.45) is 17.6 Å². The lowest BCUT2D eigenvalue weighted by Crippen LogP contribution is -2.38. The van der Waals surface area contributed by atoms with Crippen LogP contribution in [0.2, 0.25) is 0 Å². The SMILES string of the molecule is Cl.NC1CCCC2CN(CC(=O)Nc3ccccc3[N+](=O)[O-])CC12. The maximum Gasteiger partial charge on any atom is 0.292 e. The second-order valence-corrected chi connectivity index (χ2v) is 6.54. The summed E-state index contributed by atoms with van der Waals surface area (Å²) in [5, 5.41) is 13.6. The molecule has 2 fully saturated rings. The molecule has 0 bridgehead atoms. The van der Waals surface area contributed by atoms with Crippen LogP contribution >= 0.6 is 12.4 Å². The molecular formula is C16H23ClN4O3. The molecule has 1 saturated heterocycles. The molecule has 3 unspecified atom stereocenters. The summed E-state index contributed by atoms with van der Waals surface area (Å²) < 4.78 is 0. The van der Waals surface area contributed by atoms with Crippen LogP contribution in [0.3, 0.4) is 0 Å². The largest absolute Gasteiger partial charge is 0.327 e. The molecule has 0 aromatic heterocycles. The van der Waals surface area contributed by atoms with Gasteiger partial charge in [-0.15, -0.1) is 12.4 Å². The molecule has 3 N–H and O–H groups in total. The van der Waals surface area contributed by atoms with Crippen LogP contribution in [0.15, 0.2) is 24.3 Å². The lowest BCUT2D eigenvalue weighted by Gasteiger charge is -2.29. The molecule has 132 valence electrons. The standard InChI is InChI=1S/C16H22N4O3.ClH/c17-13-5-3-4-11-8-19(9-12(11)13)10-16(21)18-14-6-1-2-7-15(14)20(22)23;/h1-2,6-7,11-13H,3-5,8-10,17H2,(H,18,21);1H. The lowest BCUT2D eigenvalue weighted by molar-refractivity contribution is -0.383. The van der Waals surface area contributed by atoms with Crippen molar-refractivity contribution in [2.75, 3.05) is 25.0 Å². The monoisotopic (exact) mass is 354 g/mol. The maximum atomic E-state index is 12.2. The third kappa shape index (κ3) is 4.03. The van der Waals surface area contributed by atoms with E-state index in [2.05, 4.69) is 10.2 Å². The zero-order valence-corrected chi connectivity index (χ0v) is 14.2. The van der Waals surface area contributed by atoms with Crippen molar-refractivity contribution in [1.29, 1.82) is 0 Å². The van der Waals surface area contributed by atoms with E-state index in [4.69, 9.17) is 5.73 Å². The summed E-state index contributed by atoms with van der Waals surface area (Å²) in [6.07, 6.45) is 3.41. The van der Waals surface area contributed by atoms with Crippen LogP contribution in [0.25, 0.3) is 0 Å². The zero-order valence-electron chi connectivity index (χ0n) is 13.4. The first-order valence-corrected chi connectivity index (χ1v) is 8.06. The number of nitro groups is 1. The van der Waals surface area contributed by atoms with Gasteiger partial charge in [-0.1, -0.05) is 18.6 Å². The van der Waals surface area contributed by atoms with E-state index in [1.807, 2.05) is 0 Å². The van der Waals surface area contributed by atoms with Crippen LogP contribution in [0.1, 0.15) is 19.3 Å². The van der Waals surface area contributed by atoms with Gasteiger partial charge in [0.15, 0.2) is 0 Å². The summed E-state index contributed by atoms with van der Waals surface area (Å²) in [4.78, 5) is 24.8. The Labute approximate surface area is 147 Å².